The zero-order valence-electron chi connectivity index (χ0n) is 18.0. The van der Waals surface area contributed by atoms with Gasteiger partial charge in [0.15, 0.2) is 5.76 Å². The highest BCUT2D eigenvalue weighted by Gasteiger charge is 2.33. The molecule has 1 aliphatic heterocycles. The zero-order valence-corrected chi connectivity index (χ0v) is 19.7. The minimum absolute atomic E-state index is 0.154. The Morgan fingerprint density at radius 1 is 1.20 bits per heavy atom. The number of nitrogens with zero attached hydrogens (tertiary/aromatic N) is 2. The average Bonchev–Trinajstić information content (AvgIpc) is 3.48. The number of anilines is 1. The number of furan rings is 1. The maximum Gasteiger partial charge on any atom is 0.291 e. The summed E-state index contributed by atoms with van der Waals surface area (Å²) in [6.45, 7) is 14.0. The van der Waals surface area contributed by atoms with E-state index in [1.54, 1.807) is 23.5 Å². The third-order valence-electron chi connectivity index (χ3n) is 6.05. The molecule has 1 fully saturated rings. The Kier molecular flexibility index (Phi) is 6.43. The predicted octanol–water partition coefficient (Wildman–Crippen LogP) is 5.31. The molecule has 0 radical (unpaired) electrons. The minimum atomic E-state index is -0.194. The van der Waals surface area contributed by atoms with Gasteiger partial charge in [-0.3, -0.25) is 9.69 Å². The number of piperazine rings is 1. The number of carbonyl (C=O) groups is 1. The van der Waals surface area contributed by atoms with E-state index in [4.69, 9.17) is 4.42 Å². The number of thiophene rings is 2. The van der Waals surface area contributed by atoms with Crippen LogP contribution in [0.5, 0.6) is 0 Å². The standard InChI is InChI=1S/C23H29N3O2S2/c1-5-25-9-11-26(12-10-25)20(21-15(2)8-14-29-21)19-16(3)17(4)30-23(19)24-22(27)18-7-6-13-28-18/h6-8,13-14,20H,5,9-12H2,1-4H3,(H,24,27). The Morgan fingerprint density at radius 2 is 1.97 bits per heavy atom. The summed E-state index contributed by atoms with van der Waals surface area (Å²) < 4.78 is 5.32. The number of rotatable bonds is 6. The Hall–Kier alpha value is -1.93. The highest BCUT2D eigenvalue weighted by Crippen LogP contribution is 2.44. The van der Waals surface area contributed by atoms with Crippen molar-refractivity contribution in [1.29, 1.82) is 0 Å². The normalized spacial score (nSPS) is 16.7. The van der Waals surface area contributed by atoms with Crippen LogP contribution >= 0.6 is 22.7 Å². The summed E-state index contributed by atoms with van der Waals surface area (Å²) in [6, 6.07) is 5.80. The van der Waals surface area contributed by atoms with Gasteiger partial charge in [-0.15, -0.1) is 22.7 Å². The maximum atomic E-state index is 12.8. The Morgan fingerprint density at radius 3 is 2.57 bits per heavy atom. The summed E-state index contributed by atoms with van der Waals surface area (Å²) in [7, 11) is 0. The third kappa shape index (κ3) is 4.12. The number of carbonyl (C=O) groups excluding carboxylic acids is 1. The van der Waals surface area contributed by atoms with Gasteiger partial charge >= 0.3 is 0 Å². The van der Waals surface area contributed by atoms with E-state index in [-0.39, 0.29) is 11.9 Å². The van der Waals surface area contributed by atoms with Gasteiger partial charge in [0.1, 0.15) is 5.00 Å². The van der Waals surface area contributed by atoms with Crippen LogP contribution in [0.4, 0.5) is 5.00 Å². The minimum Gasteiger partial charge on any atom is -0.459 e. The second-order valence-corrected chi connectivity index (χ2v) is 9.97. The second-order valence-electron chi connectivity index (χ2n) is 7.80. The highest BCUT2D eigenvalue weighted by molar-refractivity contribution is 7.16. The fourth-order valence-electron chi connectivity index (χ4n) is 4.12. The third-order valence-corrected chi connectivity index (χ3v) is 8.26. The van der Waals surface area contributed by atoms with Crippen LogP contribution in [0.25, 0.3) is 0 Å². The van der Waals surface area contributed by atoms with Crippen molar-refractivity contribution >= 4 is 33.6 Å². The summed E-state index contributed by atoms with van der Waals surface area (Å²) in [6.07, 6.45) is 1.53. The van der Waals surface area contributed by atoms with Crippen molar-refractivity contribution in [3.8, 4) is 0 Å². The number of likely N-dealkylation sites (N-methyl/N-ethyl adjacent to an activating group) is 1. The highest BCUT2D eigenvalue weighted by atomic mass is 32.1. The first-order chi connectivity index (χ1) is 14.5. The molecule has 3 aromatic rings. The molecule has 4 rings (SSSR count). The van der Waals surface area contributed by atoms with Crippen molar-refractivity contribution in [2.45, 2.75) is 33.7 Å². The van der Waals surface area contributed by atoms with E-state index >= 15 is 0 Å². The van der Waals surface area contributed by atoms with Crippen molar-refractivity contribution in [3.63, 3.8) is 0 Å². The summed E-state index contributed by atoms with van der Waals surface area (Å²) in [5.74, 6) is 0.144. The monoisotopic (exact) mass is 443 g/mol. The van der Waals surface area contributed by atoms with E-state index in [1.807, 2.05) is 11.3 Å². The van der Waals surface area contributed by atoms with Crippen LogP contribution < -0.4 is 5.32 Å². The van der Waals surface area contributed by atoms with Crippen molar-refractivity contribution in [2.75, 3.05) is 38.0 Å². The van der Waals surface area contributed by atoms with Crippen LogP contribution in [0.2, 0.25) is 0 Å². The molecular weight excluding hydrogens is 414 g/mol. The van der Waals surface area contributed by atoms with E-state index in [1.165, 1.54) is 32.7 Å². The first kappa shape index (κ1) is 21.3. The summed E-state index contributed by atoms with van der Waals surface area (Å²) in [5, 5.41) is 6.26. The molecule has 30 heavy (non-hydrogen) atoms. The molecule has 4 heterocycles. The molecule has 5 nitrogen and oxygen atoms in total. The predicted molar refractivity (Wildman–Crippen MR) is 125 cm³/mol. The second kappa shape index (κ2) is 9.06. The number of hydrogen-bond acceptors (Lipinski definition) is 6. The van der Waals surface area contributed by atoms with E-state index in [0.717, 1.165) is 37.7 Å². The zero-order chi connectivity index (χ0) is 21.3. The topological polar surface area (TPSA) is 48.7 Å². The van der Waals surface area contributed by atoms with Gasteiger partial charge in [0.2, 0.25) is 0 Å². The largest absolute Gasteiger partial charge is 0.459 e. The van der Waals surface area contributed by atoms with Crippen molar-refractivity contribution in [3.05, 3.63) is 62.0 Å². The molecule has 1 N–H and O–H groups in total. The van der Waals surface area contributed by atoms with Crippen LogP contribution in [-0.4, -0.2) is 48.4 Å². The molecular formula is C23H29N3O2S2. The number of aryl methyl sites for hydroxylation is 2. The number of nitrogens with one attached hydrogen (secondary N) is 1. The summed E-state index contributed by atoms with van der Waals surface area (Å²) >= 11 is 3.48. The lowest BCUT2D eigenvalue weighted by Gasteiger charge is -2.39. The smallest absolute Gasteiger partial charge is 0.291 e. The molecule has 3 aromatic heterocycles. The van der Waals surface area contributed by atoms with Crippen LogP contribution in [0.15, 0.2) is 34.3 Å². The average molecular weight is 444 g/mol. The van der Waals surface area contributed by atoms with Crippen molar-refractivity contribution < 1.29 is 9.21 Å². The number of amides is 1. The van der Waals surface area contributed by atoms with Gasteiger partial charge in [0, 0.05) is 41.5 Å². The lowest BCUT2D eigenvalue weighted by Crippen LogP contribution is -2.47. The van der Waals surface area contributed by atoms with Gasteiger partial charge in [-0.05, 0) is 62.0 Å². The summed E-state index contributed by atoms with van der Waals surface area (Å²) in [4.78, 5) is 20.5. The first-order valence-corrected chi connectivity index (χ1v) is 12.1. The quantitative estimate of drug-likeness (QED) is 0.561. The molecule has 1 atom stereocenters. The van der Waals surface area contributed by atoms with E-state index in [0.29, 0.717) is 5.76 Å². The molecule has 0 aromatic carbocycles. The molecule has 1 aliphatic rings. The fraction of sp³-hybridized carbons (Fsp3) is 0.435. The Bertz CT molecular complexity index is 998. The molecule has 0 aliphatic carbocycles. The van der Waals surface area contributed by atoms with E-state index < -0.39 is 0 Å². The van der Waals surface area contributed by atoms with E-state index in [2.05, 4.69) is 54.3 Å². The van der Waals surface area contributed by atoms with Crippen LogP contribution in [0, 0.1) is 20.8 Å². The van der Waals surface area contributed by atoms with Gasteiger partial charge < -0.3 is 14.6 Å². The molecule has 1 unspecified atom stereocenters. The Balaban J connectivity index is 1.73. The van der Waals surface area contributed by atoms with Crippen LogP contribution in [0.3, 0.4) is 0 Å². The number of hydrogen-bond donors (Lipinski definition) is 1. The van der Waals surface area contributed by atoms with Gasteiger partial charge in [0.05, 0.1) is 12.3 Å². The molecule has 1 saturated heterocycles. The molecule has 0 saturated carbocycles. The molecule has 160 valence electrons. The Labute approximate surface area is 186 Å². The van der Waals surface area contributed by atoms with Gasteiger partial charge in [0.25, 0.3) is 5.91 Å². The molecule has 0 bridgehead atoms. The van der Waals surface area contributed by atoms with Crippen LogP contribution in [0.1, 0.15) is 50.0 Å². The lowest BCUT2D eigenvalue weighted by molar-refractivity contribution is 0.0996. The van der Waals surface area contributed by atoms with E-state index in [9.17, 15) is 4.79 Å². The van der Waals surface area contributed by atoms with Crippen molar-refractivity contribution in [2.24, 2.45) is 0 Å². The summed E-state index contributed by atoms with van der Waals surface area (Å²) in [5.41, 5.74) is 3.81. The molecule has 7 heteroatoms. The fourth-order valence-corrected chi connectivity index (χ4v) is 6.28. The molecule has 1 amide bonds. The van der Waals surface area contributed by atoms with Gasteiger partial charge in [-0.1, -0.05) is 6.92 Å². The van der Waals surface area contributed by atoms with Crippen LogP contribution in [-0.2, 0) is 0 Å². The maximum absolute atomic E-state index is 12.8. The molecule has 0 spiro atoms. The lowest BCUT2D eigenvalue weighted by atomic mass is 9.98. The first-order valence-electron chi connectivity index (χ1n) is 10.4. The van der Waals surface area contributed by atoms with Crippen molar-refractivity contribution in [1.82, 2.24) is 9.80 Å². The van der Waals surface area contributed by atoms with Gasteiger partial charge in [-0.2, -0.15) is 0 Å². The SMILES string of the molecule is CCN1CCN(C(c2sccc2C)c2c(NC(=O)c3ccco3)sc(C)c2C)CC1. The van der Waals surface area contributed by atoms with Gasteiger partial charge in [-0.25, -0.2) is 0 Å².